The van der Waals surface area contributed by atoms with Crippen LogP contribution >= 0.6 is 0 Å². The standard InChI is InChI=1S/C13H24N2O2/c1-17-7-3-6-12(14)13(16)15-8-10-4-2-5-11(10)9-15/h10-12H,2-9,14H2,1H3. The molecule has 1 amide bonds. The number of methoxy groups -OCH3 is 1. The van der Waals surface area contributed by atoms with Crippen molar-refractivity contribution in [2.24, 2.45) is 17.6 Å². The summed E-state index contributed by atoms with van der Waals surface area (Å²) in [5.74, 6) is 1.66. The lowest BCUT2D eigenvalue weighted by Crippen LogP contribution is -2.43. The molecule has 1 aliphatic carbocycles. The Balaban J connectivity index is 1.76. The second-order valence-corrected chi connectivity index (χ2v) is 5.44. The van der Waals surface area contributed by atoms with Crippen molar-refractivity contribution in [3.63, 3.8) is 0 Å². The average Bonchev–Trinajstić information content (AvgIpc) is 2.88. The summed E-state index contributed by atoms with van der Waals surface area (Å²) in [7, 11) is 1.68. The van der Waals surface area contributed by atoms with E-state index in [1.807, 2.05) is 4.90 Å². The molecular formula is C13H24N2O2. The fourth-order valence-electron chi connectivity index (χ4n) is 3.22. The largest absolute Gasteiger partial charge is 0.385 e. The van der Waals surface area contributed by atoms with E-state index in [0.29, 0.717) is 6.61 Å². The predicted molar refractivity (Wildman–Crippen MR) is 66.5 cm³/mol. The van der Waals surface area contributed by atoms with Crippen LogP contribution in [0.3, 0.4) is 0 Å². The molecule has 2 fully saturated rings. The van der Waals surface area contributed by atoms with Crippen molar-refractivity contribution in [2.75, 3.05) is 26.8 Å². The Morgan fingerprint density at radius 1 is 1.41 bits per heavy atom. The topological polar surface area (TPSA) is 55.6 Å². The number of carbonyl (C=O) groups excluding carboxylic acids is 1. The lowest BCUT2D eigenvalue weighted by molar-refractivity contribution is -0.132. The highest BCUT2D eigenvalue weighted by Gasteiger charge is 2.38. The van der Waals surface area contributed by atoms with Gasteiger partial charge in [-0.3, -0.25) is 4.79 Å². The highest BCUT2D eigenvalue weighted by molar-refractivity contribution is 5.81. The third kappa shape index (κ3) is 2.99. The van der Waals surface area contributed by atoms with E-state index in [-0.39, 0.29) is 11.9 Å². The second kappa shape index (κ2) is 5.83. The molecule has 0 aromatic heterocycles. The summed E-state index contributed by atoms with van der Waals surface area (Å²) in [5, 5.41) is 0. The van der Waals surface area contributed by atoms with Crippen molar-refractivity contribution in [1.29, 1.82) is 0 Å². The van der Waals surface area contributed by atoms with Crippen molar-refractivity contribution in [3.05, 3.63) is 0 Å². The molecule has 0 radical (unpaired) electrons. The molecule has 3 unspecified atom stereocenters. The van der Waals surface area contributed by atoms with Gasteiger partial charge in [-0.25, -0.2) is 0 Å². The first-order valence-electron chi connectivity index (χ1n) is 6.75. The highest BCUT2D eigenvalue weighted by Crippen LogP contribution is 2.37. The molecule has 98 valence electrons. The van der Waals surface area contributed by atoms with Crippen molar-refractivity contribution in [1.82, 2.24) is 4.90 Å². The van der Waals surface area contributed by atoms with Crippen molar-refractivity contribution in [2.45, 2.75) is 38.1 Å². The van der Waals surface area contributed by atoms with Crippen LogP contribution in [0.5, 0.6) is 0 Å². The lowest BCUT2D eigenvalue weighted by Gasteiger charge is -2.21. The van der Waals surface area contributed by atoms with Gasteiger partial charge in [0.15, 0.2) is 0 Å². The number of nitrogens with two attached hydrogens (primary N) is 1. The molecule has 0 aromatic carbocycles. The minimum Gasteiger partial charge on any atom is -0.385 e. The monoisotopic (exact) mass is 240 g/mol. The fraction of sp³-hybridized carbons (Fsp3) is 0.923. The van der Waals surface area contributed by atoms with E-state index in [2.05, 4.69) is 0 Å². The SMILES string of the molecule is COCCCC(N)C(=O)N1CC2CCCC2C1. The predicted octanol–water partition coefficient (Wildman–Crippen LogP) is 0.999. The summed E-state index contributed by atoms with van der Waals surface area (Å²) in [5.41, 5.74) is 5.94. The summed E-state index contributed by atoms with van der Waals surface area (Å²) in [6, 6.07) is -0.330. The van der Waals surface area contributed by atoms with Crippen LogP contribution in [0.4, 0.5) is 0 Å². The van der Waals surface area contributed by atoms with E-state index >= 15 is 0 Å². The number of nitrogens with zero attached hydrogens (tertiary/aromatic N) is 1. The molecule has 1 saturated heterocycles. The summed E-state index contributed by atoms with van der Waals surface area (Å²) in [6.45, 7) is 2.58. The zero-order valence-electron chi connectivity index (χ0n) is 10.7. The average molecular weight is 240 g/mol. The maximum Gasteiger partial charge on any atom is 0.239 e. The van der Waals surface area contributed by atoms with Crippen molar-refractivity contribution >= 4 is 5.91 Å². The molecule has 4 nitrogen and oxygen atoms in total. The Morgan fingerprint density at radius 3 is 2.65 bits per heavy atom. The molecule has 0 spiro atoms. The van der Waals surface area contributed by atoms with Gasteiger partial charge in [0, 0.05) is 26.8 Å². The normalized spacial score (nSPS) is 29.4. The Kier molecular flexibility index (Phi) is 4.40. The van der Waals surface area contributed by atoms with Crippen LogP contribution in [0.2, 0.25) is 0 Å². The van der Waals surface area contributed by atoms with Gasteiger partial charge in [0.2, 0.25) is 5.91 Å². The molecule has 2 aliphatic rings. The van der Waals surface area contributed by atoms with Gasteiger partial charge in [0.25, 0.3) is 0 Å². The van der Waals surface area contributed by atoms with E-state index in [1.165, 1.54) is 19.3 Å². The van der Waals surface area contributed by atoms with Crippen LogP contribution in [0.25, 0.3) is 0 Å². The first kappa shape index (κ1) is 12.8. The highest BCUT2D eigenvalue weighted by atomic mass is 16.5. The molecule has 4 heteroatoms. The summed E-state index contributed by atoms with van der Waals surface area (Å²) in [6.07, 6.45) is 5.54. The van der Waals surface area contributed by atoms with E-state index in [4.69, 9.17) is 10.5 Å². The summed E-state index contributed by atoms with van der Waals surface area (Å²) in [4.78, 5) is 14.1. The number of hydrogen-bond acceptors (Lipinski definition) is 3. The van der Waals surface area contributed by atoms with Gasteiger partial charge < -0.3 is 15.4 Å². The molecule has 0 bridgehead atoms. The Hall–Kier alpha value is -0.610. The minimum atomic E-state index is -0.330. The molecular weight excluding hydrogens is 216 g/mol. The molecule has 1 heterocycles. The maximum absolute atomic E-state index is 12.1. The molecule has 2 rings (SSSR count). The molecule has 1 saturated carbocycles. The number of likely N-dealkylation sites (tertiary alicyclic amines) is 1. The number of hydrogen-bond donors (Lipinski definition) is 1. The first-order valence-corrected chi connectivity index (χ1v) is 6.75. The number of ether oxygens (including phenoxy) is 1. The first-order chi connectivity index (χ1) is 8.22. The quantitative estimate of drug-likeness (QED) is 0.729. The van der Waals surface area contributed by atoms with E-state index in [0.717, 1.165) is 37.8 Å². The molecule has 0 aromatic rings. The zero-order chi connectivity index (χ0) is 12.3. The van der Waals surface area contributed by atoms with E-state index in [9.17, 15) is 4.79 Å². The Morgan fingerprint density at radius 2 is 2.06 bits per heavy atom. The number of rotatable bonds is 5. The second-order valence-electron chi connectivity index (χ2n) is 5.44. The minimum absolute atomic E-state index is 0.149. The number of amides is 1. The van der Waals surface area contributed by atoms with Gasteiger partial charge in [-0.05, 0) is 37.5 Å². The zero-order valence-corrected chi connectivity index (χ0v) is 10.7. The van der Waals surface area contributed by atoms with Crippen LogP contribution in [0.15, 0.2) is 0 Å². The fourth-order valence-corrected chi connectivity index (χ4v) is 3.22. The summed E-state index contributed by atoms with van der Waals surface area (Å²) >= 11 is 0. The Bertz CT molecular complexity index is 258. The van der Waals surface area contributed by atoms with Crippen LogP contribution in [0.1, 0.15) is 32.1 Å². The third-order valence-electron chi connectivity index (χ3n) is 4.22. The Labute approximate surface area is 103 Å². The van der Waals surface area contributed by atoms with Crippen molar-refractivity contribution < 1.29 is 9.53 Å². The smallest absolute Gasteiger partial charge is 0.239 e. The van der Waals surface area contributed by atoms with Crippen molar-refractivity contribution in [3.8, 4) is 0 Å². The number of carbonyl (C=O) groups is 1. The van der Waals surface area contributed by atoms with Gasteiger partial charge in [0.05, 0.1) is 6.04 Å². The molecule has 17 heavy (non-hydrogen) atoms. The molecule has 1 aliphatic heterocycles. The number of fused-ring (bicyclic) bond motifs is 1. The van der Waals surface area contributed by atoms with E-state index in [1.54, 1.807) is 7.11 Å². The van der Waals surface area contributed by atoms with Gasteiger partial charge in [0.1, 0.15) is 0 Å². The van der Waals surface area contributed by atoms with Crippen LogP contribution in [-0.4, -0.2) is 43.7 Å². The van der Waals surface area contributed by atoms with E-state index < -0.39 is 0 Å². The summed E-state index contributed by atoms with van der Waals surface area (Å²) < 4.78 is 4.98. The maximum atomic E-state index is 12.1. The molecule has 3 atom stereocenters. The van der Waals surface area contributed by atoms with Crippen LogP contribution in [0, 0.1) is 11.8 Å². The molecule has 2 N–H and O–H groups in total. The van der Waals surface area contributed by atoms with Gasteiger partial charge in [-0.15, -0.1) is 0 Å². The van der Waals surface area contributed by atoms with Gasteiger partial charge in [-0.1, -0.05) is 6.42 Å². The third-order valence-corrected chi connectivity index (χ3v) is 4.22. The van der Waals surface area contributed by atoms with Crippen LogP contribution in [-0.2, 0) is 9.53 Å². The lowest BCUT2D eigenvalue weighted by atomic mass is 10.0. The van der Waals surface area contributed by atoms with Gasteiger partial charge in [-0.2, -0.15) is 0 Å². The van der Waals surface area contributed by atoms with Gasteiger partial charge >= 0.3 is 0 Å². The van der Waals surface area contributed by atoms with Crippen LogP contribution < -0.4 is 5.73 Å².